The normalized spacial score (nSPS) is 28.6. The number of morpholine rings is 1. The first-order chi connectivity index (χ1) is 9.69. The topological polar surface area (TPSA) is 48.0 Å². The van der Waals surface area contributed by atoms with Gasteiger partial charge in [-0.15, -0.1) is 0 Å². The quantitative estimate of drug-likeness (QED) is 0.615. The highest BCUT2D eigenvalue weighted by atomic mass is 32.1. The molecule has 2 fully saturated rings. The van der Waals surface area contributed by atoms with Crippen molar-refractivity contribution in [2.45, 2.75) is 25.0 Å². The number of ether oxygens (including phenoxy) is 3. The van der Waals surface area contributed by atoms with E-state index in [1.165, 1.54) is 7.11 Å². The van der Waals surface area contributed by atoms with Crippen molar-refractivity contribution >= 4 is 23.2 Å². The molecule has 0 unspecified atom stereocenters. The molecule has 2 bridgehead atoms. The Labute approximate surface area is 122 Å². The summed E-state index contributed by atoms with van der Waals surface area (Å²) in [6, 6.07) is 10.0. The highest BCUT2D eigenvalue weighted by Crippen LogP contribution is 2.29. The molecule has 106 valence electrons. The van der Waals surface area contributed by atoms with E-state index in [0.717, 1.165) is 5.56 Å². The van der Waals surface area contributed by atoms with Crippen LogP contribution in [-0.4, -0.2) is 48.0 Å². The van der Waals surface area contributed by atoms with E-state index in [1.807, 2.05) is 35.2 Å². The lowest BCUT2D eigenvalue weighted by Gasteiger charge is -2.33. The highest BCUT2D eigenvalue weighted by molar-refractivity contribution is 7.80. The molecular weight excluding hydrogens is 278 g/mol. The summed E-state index contributed by atoms with van der Waals surface area (Å²) >= 11 is 5.43. The summed E-state index contributed by atoms with van der Waals surface area (Å²) in [5.74, 6) is -0.443. The van der Waals surface area contributed by atoms with Gasteiger partial charge in [-0.25, -0.2) is 4.79 Å². The van der Waals surface area contributed by atoms with Crippen molar-refractivity contribution < 1.29 is 19.0 Å². The van der Waals surface area contributed by atoms with Crippen molar-refractivity contribution in [1.29, 1.82) is 0 Å². The fraction of sp³-hybridized carbons (Fsp3) is 0.429. The second-order valence-corrected chi connectivity index (χ2v) is 5.19. The molecule has 20 heavy (non-hydrogen) atoms. The molecule has 0 aromatic heterocycles. The average molecular weight is 293 g/mol. The zero-order chi connectivity index (χ0) is 14.1. The van der Waals surface area contributed by atoms with Gasteiger partial charge in [-0.3, -0.25) is 0 Å². The molecule has 0 spiro atoms. The van der Waals surface area contributed by atoms with Gasteiger partial charge in [0, 0.05) is 6.54 Å². The summed E-state index contributed by atoms with van der Waals surface area (Å²) in [6.07, 6.45) is -1.71. The molecule has 0 N–H and O–H groups in total. The van der Waals surface area contributed by atoms with Gasteiger partial charge in [0.25, 0.3) is 0 Å². The van der Waals surface area contributed by atoms with Crippen LogP contribution >= 0.6 is 12.2 Å². The van der Waals surface area contributed by atoms with E-state index in [0.29, 0.717) is 18.1 Å². The molecule has 5 nitrogen and oxygen atoms in total. The lowest BCUT2D eigenvalue weighted by molar-refractivity contribution is -0.154. The van der Waals surface area contributed by atoms with Gasteiger partial charge in [0.1, 0.15) is 11.1 Å². The smallest absolute Gasteiger partial charge is 0.338 e. The molecule has 3 rings (SSSR count). The van der Waals surface area contributed by atoms with Crippen LogP contribution in [0.5, 0.6) is 0 Å². The number of methoxy groups -OCH3 is 1. The Morgan fingerprint density at radius 2 is 2.15 bits per heavy atom. The Balaban J connectivity index is 1.74. The number of thiocarbonyl (C=S) groups is 1. The molecule has 2 aliphatic rings. The largest absolute Gasteiger partial charge is 0.467 e. The summed E-state index contributed by atoms with van der Waals surface area (Å²) in [5.41, 5.74) is 1.16. The summed E-state index contributed by atoms with van der Waals surface area (Å²) in [5, 5.41) is 0. The summed E-state index contributed by atoms with van der Waals surface area (Å²) in [4.78, 5) is 14.3. The van der Waals surface area contributed by atoms with Crippen LogP contribution in [-0.2, 0) is 25.5 Å². The summed E-state index contributed by atoms with van der Waals surface area (Å²) in [7, 11) is 1.33. The fourth-order valence-corrected chi connectivity index (χ4v) is 2.79. The molecule has 0 radical (unpaired) electrons. The number of hydrogen-bond donors (Lipinski definition) is 0. The number of nitrogens with zero attached hydrogens (tertiary/aromatic N) is 1. The van der Waals surface area contributed by atoms with Gasteiger partial charge in [0.05, 0.1) is 13.7 Å². The van der Waals surface area contributed by atoms with E-state index in [-0.39, 0.29) is 0 Å². The predicted octanol–water partition coefficient (Wildman–Crippen LogP) is 1.11. The highest BCUT2D eigenvalue weighted by Gasteiger charge is 2.49. The van der Waals surface area contributed by atoms with Gasteiger partial charge < -0.3 is 19.1 Å². The van der Waals surface area contributed by atoms with E-state index in [9.17, 15) is 4.79 Å². The standard InChI is InChI=1S/C14H15NO4S/c1-17-14(16)12-11-13(20)15(8-10(18-11)19-12)7-9-5-3-2-4-6-9/h2-6,10-12H,7-8H2,1H3/t10-,11+,12-/m1/s1. The summed E-state index contributed by atoms with van der Waals surface area (Å²) in [6.45, 7) is 1.21. The van der Waals surface area contributed by atoms with Gasteiger partial charge >= 0.3 is 5.97 Å². The van der Waals surface area contributed by atoms with Crippen LogP contribution in [0, 0.1) is 0 Å². The maximum atomic E-state index is 11.7. The average Bonchev–Trinajstić information content (AvgIpc) is 2.84. The molecule has 2 heterocycles. The van der Waals surface area contributed by atoms with Gasteiger partial charge in [-0.2, -0.15) is 0 Å². The number of fused-ring (bicyclic) bond motifs is 2. The number of carbonyl (C=O) groups is 1. The van der Waals surface area contributed by atoms with Crippen LogP contribution in [0.2, 0.25) is 0 Å². The van der Waals surface area contributed by atoms with Gasteiger partial charge in [-0.1, -0.05) is 42.5 Å². The lowest BCUT2D eigenvalue weighted by Crippen LogP contribution is -2.48. The third-order valence-corrected chi connectivity index (χ3v) is 3.94. The zero-order valence-electron chi connectivity index (χ0n) is 11.0. The first-order valence-electron chi connectivity index (χ1n) is 6.40. The number of esters is 1. The van der Waals surface area contributed by atoms with E-state index < -0.39 is 24.5 Å². The maximum absolute atomic E-state index is 11.7. The van der Waals surface area contributed by atoms with Crippen LogP contribution in [0.1, 0.15) is 5.56 Å². The van der Waals surface area contributed by atoms with Gasteiger partial charge in [0.15, 0.2) is 12.4 Å². The van der Waals surface area contributed by atoms with Crippen molar-refractivity contribution in [3.8, 4) is 0 Å². The van der Waals surface area contributed by atoms with E-state index in [4.69, 9.17) is 26.4 Å². The van der Waals surface area contributed by atoms with E-state index in [1.54, 1.807) is 0 Å². The van der Waals surface area contributed by atoms with Crippen molar-refractivity contribution in [2.75, 3.05) is 13.7 Å². The number of carbonyl (C=O) groups excluding carboxylic acids is 1. The first-order valence-corrected chi connectivity index (χ1v) is 6.81. The maximum Gasteiger partial charge on any atom is 0.338 e. The third kappa shape index (κ3) is 2.42. The molecular formula is C14H15NO4S. The Morgan fingerprint density at radius 3 is 2.85 bits per heavy atom. The van der Waals surface area contributed by atoms with Crippen LogP contribution in [0.25, 0.3) is 0 Å². The molecule has 6 heteroatoms. The van der Waals surface area contributed by atoms with Crippen molar-refractivity contribution in [1.82, 2.24) is 4.90 Å². The second-order valence-electron chi connectivity index (χ2n) is 4.77. The van der Waals surface area contributed by atoms with E-state index in [2.05, 4.69) is 0 Å². The minimum absolute atomic E-state index is 0.431. The minimum atomic E-state index is -0.752. The molecule has 3 atom stereocenters. The molecule has 1 aromatic rings. The Hall–Kier alpha value is -1.50. The molecule has 0 aliphatic carbocycles. The second kappa shape index (κ2) is 5.47. The fourth-order valence-electron chi connectivity index (χ4n) is 2.47. The van der Waals surface area contributed by atoms with Crippen LogP contribution < -0.4 is 0 Å². The Morgan fingerprint density at radius 1 is 1.40 bits per heavy atom. The molecule has 1 aromatic carbocycles. The van der Waals surface area contributed by atoms with Crippen molar-refractivity contribution in [2.24, 2.45) is 0 Å². The number of benzene rings is 1. The lowest BCUT2D eigenvalue weighted by atomic mass is 10.1. The minimum Gasteiger partial charge on any atom is -0.467 e. The Kier molecular flexibility index (Phi) is 3.69. The SMILES string of the molecule is COC(=O)[C@@H]1O[C@@H]2CN(Cc3ccccc3)C(=S)[C@H]1O2. The van der Waals surface area contributed by atoms with Crippen LogP contribution in [0.3, 0.4) is 0 Å². The zero-order valence-corrected chi connectivity index (χ0v) is 11.8. The van der Waals surface area contributed by atoms with Crippen LogP contribution in [0.15, 0.2) is 30.3 Å². The van der Waals surface area contributed by atoms with Gasteiger partial charge in [-0.05, 0) is 5.56 Å². The van der Waals surface area contributed by atoms with Gasteiger partial charge in [0.2, 0.25) is 0 Å². The Bertz CT molecular complexity index is 521. The number of hydrogen-bond acceptors (Lipinski definition) is 5. The van der Waals surface area contributed by atoms with Crippen LogP contribution in [0.4, 0.5) is 0 Å². The molecule has 2 aliphatic heterocycles. The molecule has 0 amide bonds. The first kappa shape index (κ1) is 13.5. The van der Waals surface area contributed by atoms with Crippen molar-refractivity contribution in [3.63, 3.8) is 0 Å². The molecule has 0 saturated carbocycles. The molecule has 2 saturated heterocycles. The third-order valence-electron chi connectivity index (χ3n) is 3.45. The summed E-state index contributed by atoms with van der Waals surface area (Å²) < 4.78 is 15.9. The predicted molar refractivity (Wildman–Crippen MR) is 75.0 cm³/mol. The van der Waals surface area contributed by atoms with Crippen molar-refractivity contribution in [3.05, 3.63) is 35.9 Å². The number of rotatable bonds is 3. The monoisotopic (exact) mass is 293 g/mol. The van der Waals surface area contributed by atoms with E-state index >= 15 is 0 Å².